The number of nitrogens with zero attached hydrogens (tertiary/aromatic N) is 2. The Hall–Kier alpha value is -1.56. The lowest BCUT2D eigenvalue weighted by atomic mass is 9.87. The quantitative estimate of drug-likeness (QED) is 0.709. The van der Waals surface area contributed by atoms with Gasteiger partial charge in [0.25, 0.3) is 0 Å². The highest BCUT2D eigenvalue weighted by Crippen LogP contribution is 2.26. The number of carbonyl (C=O) groups excluding carboxylic acids is 2. The van der Waals surface area contributed by atoms with E-state index in [0.717, 1.165) is 25.3 Å². The van der Waals surface area contributed by atoms with E-state index >= 15 is 0 Å². The predicted molar refractivity (Wildman–Crippen MR) is 107 cm³/mol. The van der Waals surface area contributed by atoms with E-state index in [1.165, 1.54) is 49.4 Å². The second-order valence-electron chi connectivity index (χ2n) is 6.96. The monoisotopic (exact) mass is 377 g/mol. The minimum atomic E-state index is -0.0148. The van der Waals surface area contributed by atoms with Crippen LogP contribution in [0.3, 0.4) is 0 Å². The Morgan fingerprint density at radius 1 is 1.19 bits per heavy atom. The van der Waals surface area contributed by atoms with E-state index in [0.29, 0.717) is 18.8 Å². The Kier molecular flexibility index (Phi) is 9.53. The van der Waals surface area contributed by atoms with Crippen LogP contribution in [0.2, 0.25) is 0 Å². The van der Waals surface area contributed by atoms with E-state index in [1.54, 1.807) is 19.3 Å². The van der Waals surface area contributed by atoms with E-state index in [2.05, 4.69) is 10.3 Å². The van der Waals surface area contributed by atoms with Gasteiger partial charge in [0.2, 0.25) is 0 Å². The Morgan fingerprint density at radius 2 is 1.92 bits per heavy atom. The lowest BCUT2D eigenvalue weighted by Gasteiger charge is -2.27. The van der Waals surface area contributed by atoms with Crippen LogP contribution in [0.25, 0.3) is 0 Å². The maximum Gasteiger partial charge on any atom is 0.317 e. The minimum Gasteiger partial charge on any atom is -0.338 e. The van der Waals surface area contributed by atoms with Crippen LogP contribution in [-0.4, -0.2) is 46.4 Å². The summed E-state index contributed by atoms with van der Waals surface area (Å²) in [7, 11) is 0. The van der Waals surface area contributed by atoms with Gasteiger partial charge in [0, 0.05) is 44.7 Å². The number of pyridine rings is 1. The van der Waals surface area contributed by atoms with E-state index in [1.807, 2.05) is 17.0 Å². The molecule has 0 aromatic carbocycles. The third kappa shape index (κ3) is 8.21. The molecule has 5 nitrogen and oxygen atoms in total. The lowest BCUT2D eigenvalue weighted by molar-refractivity contribution is -0.109. The van der Waals surface area contributed by atoms with Gasteiger partial charge < -0.3 is 10.2 Å². The molecule has 0 unspecified atom stereocenters. The number of hydrogen-bond donors (Lipinski definition) is 1. The summed E-state index contributed by atoms with van der Waals surface area (Å²) in [4.78, 5) is 29.7. The van der Waals surface area contributed by atoms with Crippen molar-refractivity contribution < 1.29 is 9.59 Å². The number of amides is 2. The van der Waals surface area contributed by atoms with Gasteiger partial charge in [0.15, 0.2) is 5.12 Å². The zero-order valence-corrected chi connectivity index (χ0v) is 16.6. The summed E-state index contributed by atoms with van der Waals surface area (Å²) in [5, 5.41) is 3.14. The molecule has 1 fully saturated rings. The molecule has 0 saturated heterocycles. The highest BCUT2D eigenvalue weighted by atomic mass is 32.2. The number of hydrogen-bond acceptors (Lipinski definition) is 4. The summed E-state index contributed by atoms with van der Waals surface area (Å²) in [5.74, 6) is 1.41. The normalized spacial score (nSPS) is 14.8. The van der Waals surface area contributed by atoms with Gasteiger partial charge in [-0.15, -0.1) is 0 Å². The van der Waals surface area contributed by atoms with Crippen LogP contribution < -0.4 is 5.32 Å². The minimum absolute atomic E-state index is 0.0148. The first-order chi connectivity index (χ1) is 12.6. The van der Waals surface area contributed by atoms with Crippen molar-refractivity contribution in [3.05, 3.63) is 30.1 Å². The van der Waals surface area contributed by atoms with Crippen molar-refractivity contribution in [1.82, 2.24) is 15.2 Å². The fourth-order valence-electron chi connectivity index (χ4n) is 3.40. The molecule has 2 rings (SSSR count). The molecule has 1 aliphatic rings. The first kappa shape index (κ1) is 20.7. The molecule has 0 aliphatic heterocycles. The van der Waals surface area contributed by atoms with Gasteiger partial charge in [-0.2, -0.15) is 0 Å². The average molecular weight is 378 g/mol. The molecule has 1 heterocycles. The molecular formula is C20H31N3O2S. The second-order valence-corrected chi connectivity index (χ2v) is 8.23. The summed E-state index contributed by atoms with van der Waals surface area (Å²) >= 11 is 1.29. The number of rotatable bonds is 9. The molecule has 26 heavy (non-hydrogen) atoms. The molecule has 0 bridgehead atoms. The largest absolute Gasteiger partial charge is 0.338 e. The summed E-state index contributed by atoms with van der Waals surface area (Å²) in [6.07, 6.45) is 12.0. The smallest absolute Gasteiger partial charge is 0.317 e. The molecule has 1 saturated carbocycles. The molecule has 2 amide bonds. The van der Waals surface area contributed by atoms with Crippen molar-refractivity contribution >= 4 is 22.9 Å². The Morgan fingerprint density at radius 3 is 2.62 bits per heavy atom. The SMILES string of the molecule is CC(=O)SCCN(CCC1CCCCC1)C(=O)NCCc1ccncc1. The highest BCUT2D eigenvalue weighted by Gasteiger charge is 2.18. The molecule has 1 aromatic rings. The van der Waals surface area contributed by atoms with Gasteiger partial charge in [-0.1, -0.05) is 43.9 Å². The third-order valence-electron chi connectivity index (χ3n) is 4.93. The topological polar surface area (TPSA) is 62.3 Å². The number of aromatic nitrogens is 1. The van der Waals surface area contributed by atoms with Gasteiger partial charge in [-0.05, 0) is 36.5 Å². The van der Waals surface area contributed by atoms with Gasteiger partial charge in [-0.3, -0.25) is 9.78 Å². The fraction of sp³-hybridized carbons (Fsp3) is 0.650. The Labute approximate surface area is 161 Å². The van der Waals surface area contributed by atoms with Crippen molar-refractivity contribution in [3.8, 4) is 0 Å². The van der Waals surface area contributed by atoms with Gasteiger partial charge in [0.1, 0.15) is 0 Å². The summed E-state index contributed by atoms with van der Waals surface area (Å²) in [6.45, 7) is 3.59. The van der Waals surface area contributed by atoms with Crippen LogP contribution in [0.4, 0.5) is 4.79 Å². The number of carbonyl (C=O) groups is 2. The van der Waals surface area contributed by atoms with Crippen LogP contribution in [0.1, 0.15) is 51.0 Å². The third-order valence-corrected chi connectivity index (χ3v) is 5.72. The molecular weight excluding hydrogens is 346 g/mol. The van der Waals surface area contributed by atoms with Crippen molar-refractivity contribution in [3.63, 3.8) is 0 Å². The van der Waals surface area contributed by atoms with Crippen molar-refractivity contribution in [1.29, 1.82) is 0 Å². The zero-order valence-electron chi connectivity index (χ0n) is 15.8. The predicted octanol–water partition coefficient (Wildman–Crippen LogP) is 3.89. The highest BCUT2D eigenvalue weighted by molar-refractivity contribution is 8.13. The summed E-state index contributed by atoms with van der Waals surface area (Å²) < 4.78 is 0. The van der Waals surface area contributed by atoms with Gasteiger partial charge in [0.05, 0.1) is 0 Å². The first-order valence-corrected chi connectivity index (χ1v) is 10.7. The molecule has 0 radical (unpaired) electrons. The van der Waals surface area contributed by atoms with Crippen LogP contribution in [0.15, 0.2) is 24.5 Å². The molecule has 1 aromatic heterocycles. The molecule has 0 spiro atoms. The Bertz CT molecular complexity index is 547. The molecule has 6 heteroatoms. The van der Waals surface area contributed by atoms with E-state index in [9.17, 15) is 9.59 Å². The second kappa shape index (κ2) is 11.9. The van der Waals surface area contributed by atoms with E-state index in [-0.39, 0.29) is 11.1 Å². The summed E-state index contributed by atoms with van der Waals surface area (Å²) in [5.41, 5.74) is 1.17. The maximum absolute atomic E-state index is 12.6. The van der Waals surface area contributed by atoms with Crippen LogP contribution in [-0.2, 0) is 11.2 Å². The lowest BCUT2D eigenvalue weighted by Crippen LogP contribution is -2.43. The van der Waals surface area contributed by atoms with Crippen molar-refractivity contribution in [2.45, 2.75) is 51.9 Å². The van der Waals surface area contributed by atoms with Gasteiger partial charge >= 0.3 is 6.03 Å². The number of nitrogens with one attached hydrogen (secondary N) is 1. The molecule has 1 aliphatic carbocycles. The number of thioether (sulfide) groups is 1. The van der Waals surface area contributed by atoms with E-state index in [4.69, 9.17) is 0 Å². The Balaban J connectivity index is 1.77. The van der Waals surface area contributed by atoms with Crippen LogP contribution >= 0.6 is 11.8 Å². The standard InChI is InChI=1S/C20H31N3O2S/c1-17(24)26-16-15-23(14-10-18-5-3-2-4-6-18)20(25)22-13-9-19-7-11-21-12-8-19/h7-8,11-12,18H,2-6,9-10,13-16H2,1H3,(H,22,25). The van der Waals surface area contributed by atoms with Crippen molar-refractivity contribution in [2.75, 3.05) is 25.4 Å². The molecule has 144 valence electrons. The summed E-state index contributed by atoms with van der Waals surface area (Å²) in [6, 6.07) is 3.92. The van der Waals surface area contributed by atoms with Gasteiger partial charge in [-0.25, -0.2) is 4.79 Å². The van der Waals surface area contributed by atoms with E-state index < -0.39 is 0 Å². The average Bonchev–Trinajstić information content (AvgIpc) is 2.66. The molecule has 1 N–H and O–H groups in total. The van der Waals surface area contributed by atoms with Crippen molar-refractivity contribution in [2.24, 2.45) is 5.92 Å². The molecule has 0 atom stereocenters. The first-order valence-electron chi connectivity index (χ1n) is 9.70. The fourth-order valence-corrected chi connectivity index (χ4v) is 4.00. The zero-order chi connectivity index (χ0) is 18.6. The maximum atomic E-state index is 12.6. The van der Waals surface area contributed by atoms with Crippen LogP contribution in [0.5, 0.6) is 0 Å². The number of urea groups is 1. The van der Waals surface area contributed by atoms with Crippen LogP contribution in [0, 0.1) is 5.92 Å².